The van der Waals surface area contributed by atoms with Crippen LogP contribution in [-0.2, 0) is 0 Å². The van der Waals surface area contributed by atoms with Gasteiger partial charge in [-0.2, -0.15) is 0 Å². The van der Waals surface area contributed by atoms with Crippen molar-refractivity contribution in [2.24, 2.45) is 0 Å². The van der Waals surface area contributed by atoms with E-state index in [2.05, 4.69) is 5.32 Å². The predicted octanol–water partition coefficient (Wildman–Crippen LogP) is 0.315. The van der Waals surface area contributed by atoms with Crippen molar-refractivity contribution in [2.45, 2.75) is 38.1 Å². The van der Waals surface area contributed by atoms with Crippen molar-refractivity contribution < 1.29 is 15.0 Å². The van der Waals surface area contributed by atoms with Gasteiger partial charge in [-0.1, -0.05) is 12.8 Å². The molecule has 3 N–H and O–H groups in total. The zero-order valence-electron chi connectivity index (χ0n) is 9.91. The molecule has 1 heterocycles. The SMILES string of the molecule is CC(CO)(CO)NC(=O)N1CCCCCC1. The molecule has 1 rings (SSSR count). The van der Waals surface area contributed by atoms with Gasteiger partial charge in [0.1, 0.15) is 0 Å². The van der Waals surface area contributed by atoms with Gasteiger partial charge >= 0.3 is 6.03 Å². The number of hydrogen-bond donors (Lipinski definition) is 3. The summed E-state index contributed by atoms with van der Waals surface area (Å²) in [7, 11) is 0. The molecule has 5 nitrogen and oxygen atoms in total. The summed E-state index contributed by atoms with van der Waals surface area (Å²) < 4.78 is 0. The van der Waals surface area contributed by atoms with E-state index in [0.717, 1.165) is 25.9 Å². The molecule has 1 fully saturated rings. The monoisotopic (exact) mass is 230 g/mol. The van der Waals surface area contributed by atoms with E-state index >= 15 is 0 Å². The largest absolute Gasteiger partial charge is 0.394 e. The molecule has 2 amide bonds. The van der Waals surface area contributed by atoms with Gasteiger partial charge in [-0.25, -0.2) is 4.79 Å². The molecule has 0 unspecified atom stereocenters. The first kappa shape index (κ1) is 13.3. The summed E-state index contributed by atoms with van der Waals surface area (Å²) in [6, 6.07) is -0.187. The lowest BCUT2D eigenvalue weighted by molar-refractivity contribution is 0.101. The quantitative estimate of drug-likeness (QED) is 0.653. The van der Waals surface area contributed by atoms with Crippen LogP contribution in [0.15, 0.2) is 0 Å². The molecular formula is C11H22N2O3. The molecule has 0 aromatic rings. The average Bonchev–Trinajstić information content (AvgIpc) is 2.57. The van der Waals surface area contributed by atoms with Crippen molar-refractivity contribution in [3.05, 3.63) is 0 Å². The highest BCUT2D eigenvalue weighted by molar-refractivity contribution is 5.75. The average molecular weight is 230 g/mol. The lowest BCUT2D eigenvalue weighted by Crippen LogP contribution is -2.56. The van der Waals surface area contributed by atoms with E-state index in [1.54, 1.807) is 11.8 Å². The number of carbonyl (C=O) groups excluding carboxylic acids is 1. The van der Waals surface area contributed by atoms with Gasteiger partial charge in [-0.3, -0.25) is 0 Å². The standard InChI is InChI=1S/C11H22N2O3/c1-11(8-14,9-15)12-10(16)13-6-4-2-3-5-7-13/h14-15H,2-9H2,1H3,(H,12,16). The van der Waals surface area contributed by atoms with Crippen LogP contribution in [0.2, 0.25) is 0 Å². The van der Waals surface area contributed by atoms with Crippen molar-refractivity contribution in [1.82, 2.24) is 10.2 Å². The summed E-state index contributed by atoms with van der Waals surface area (Å²) in [6.45, 7) is 2.63. The maximum Gasteiger partial charge on any atom is 0.317 e. The second-order valence-electron chi connectivity index (χ2n) is 4.71. The molecule has 1 saturated heterocycles. The van der Waals surface area contributed by atoms with Gasteiger partial charge < -0.3 is 20.4 Å². The Morgan fingerprint density at radius 3 is 2.12 bits per heavy atom. The molecule has 0 bridgehead atoms. The normalized spacial score (nSPS) is 18.1. The first-order chi connectivity index (χ1) is 7.61. The number of hydrogen-bond acceptors (Lipinski definition) is 3. The molecule has 0 aromatic carbocycles. The van der Waals surface area contributed by atoms with Crippen molar-refractivity contribution in [3.63, 3.8) is 0 Å². The molecule has 1 aliphatic rings. The van der Waals surface area contributed by atoms with Crippen LogP contribution in [0.4, 0.5) is 4.79 Å². The minimum absolute atomic E-state index is 0.187. The molecule has 0 atom stereocenters. The number of urea groups is 1. The number of likely N-dealkylation sites (tertiary alicyclic amines) is 1. The smallest absolute Gasteiger partial charge is 0.317 e. The van der Waals surface area contributed by atoms with Gasteiger partial charge in [0.15, 0.2) is 0 Å². The second kappa shape index (κ2) is 6.06. The Morgan fingerprint density at radius 1 is 1.19 bits per heavy atom. The molecule has 5 heteroatoms. The summed E-state index contributed by atoms with van der Waals surface area (Å²) >= 11 is 0. The Kier molecular flexibility index (Phi) is 5.02. The number of amides is 2. The van der Waals surface area contributed by atoms with Crippen LogP contribution in [-0.4, -0.2) is 53.0 Å². The Morgan fingerprint density at radius 2 is 1.69 bits per heavy atom. The van der Waals surface area contributed by atoms with Gasteiger partial charge in [0.25, 0.3) is 0 Å². The van der Waals surface area contributed by atoms with Gasteiger partial charge in [-0.05, 0) is 19.8 Å². The zero-order valence-corrected chi connectivity index (χ0v) is 9.91. The lowest BCUT2D eigenvalue weighted by atomic mass is 10.1. The van der Waals surface area contributed by atoms with Crippen LogP contribution in [0.1, 0.15) is 32.6 Å². The Balaban J connectivity index is 2.49. The van der Waals surface area contributed by atoms with E-state index in [1.807, 2.05) is 0 Å². The highest BCUT2D eigenvalue weighted by atomic mass is 16.3. The number of aliphatic hydroxyl groups excluding tert-OH is 2. The summed E-state index contributed by atoms with van der Waals surface area (Å²) in [6.07, 6.45) is 4.40. The number of carbonyl (C=O) groups is 1. The number of aliphatic hydroxyl groups is 2. The molecule has 94 valence electrons. The van der Waals surface area contributed by atoms with E-state index in [-0.39, 0.29) is 19.2 Å². The van der Waals surface area contributed by atoms with Crippen LogP contribution in [0.3, 0.4) is 0 Å². The molecule has 16 heavy (non-hydrogen) atoms. The maximum atomic E-state index is 11.9. The Bertz CT molecular complexity index is 221. The fourth-order valence-corrected chi connectivity index (χ4v) is 1.74. The summed E-state index contributed by atoms with van der Waals surface area (Å²) in [5, 5.41) is 20.9. The first-order valence-electron chi connectivity index (χ1n) is 5.90. The molecule has 0 aliphatic carbocycles. The van der Waals surface area contributed by atoms with E-state index in [1.165, 1.54) is 12.8 Å². The van der Waals surface area contributed by atoms with Gasteiger partial charge in [0.2, 0.25) is 0 Å². The number of nitrogens with zero attached hydrogens (tertiary/aromatic N) is 1. The third kappa shape index (κ3) is 3.64. The summed E-state index contributed by atoms with van der Waals surface area (Å²) in [5.41, 5.74) is -0.927. The molecular weight excluding hydrogens is 208 g/mol. The minimum atomic E-state index is -0.927. The topological polar surface area (TPSA) is 72.8 Å². The third-order valence-electron chi connectivity index (χ3n) is 3.00. The minimum Gasteiger partial charge on any atom is -0.394 e. The fraction of sp³-hybridized carbons (Fsp3) is 0.909. The van der Waals surface area contributed by atoms with Gasteiger partial charge in [0.05, 0.1) is 18.8 Å². The molecule has 0 saturated carbocycles. The van der Waals surface area contributed by atoms with Crippen molar-refractivity contribution in [1.29, 1.82) is 0 Å². The van der Waals surface area contributed by atoms with E-state index < -0.39 is 5.54 Å². The molecule has 0 radical (unpaired) electrons. The Hall–Kier alpha value is -0.810. The van der Waals surface area contributed by atoms with Crippen LogP contribution in [0.25, 0.3) is 0 Å². The van der Waals surface area contributed by atoms with Crippen LogP contribution in [0, 0.1) is 0 Å². The zero-order chi connectivity index (χ0) is 12.0. The van der Waals surface area contributed by atoms with Crippen molar-refractivity contribution >= 4 is 6.03 Å². The lowest BCUT2D eigenvalue weighted by Gasteiger charge is -2.30. The van der Waals surface area contributed by atoms with E-state index in [9.17, 15) is 4.79 Å². The second-order valence-corrected chi connectivity index (χ2v) is 4.71. The molecule has 1 aliphatic heterocycles. The van der Waals surface area contributed by atoms with E-state index in [0.29, 0.717) is 0 Å². The number of nitrogens with one attached hydrogen (secondary N) is 1. The summed E-state index contributed by atoms with van der Waals surface area (Å²) in [5.74, 6) is 0. The maximum absolute atomic E-state index is 11.9. The van der Waals surface area contributed by atoms with Crippen LogP contribution < -0.4 is 5.32 Å². The number of rotatable bonds is 3. The van der Waals surface area contributed by atoms with Gasteiger partial charge in [-0.15, -0.1) is 0 Å². The van der Waals surface area contributed by atoms with Gasteiger partial charge in [0, 0.05) is 13.1 Å². The molecule has 0 spiro atoms. The summed E-state index contributed by atoms with van der Waals surface area (Å²) in [4.78, 5) is 13.6. The predicted molar refractivity (Wildman–Crippen MR) is 61.1 cm³/mol. The molecule has 0 aromatic heterocycles. The Labute approximate surface area is 96.4 Å². The van der Waals surface area contributed by atoms with Crippen LogP contribution in [0.5, 0.6) is 0 Å². The highest BCUT2D eigenvalue weighted by Crippen LogP contribution is 2.11. The highest BCUT2D eigenvalue weighted by Gasteiger charge is 2.27. The van der Waals surface area contributed by atoms with Crippen molar-refractivity contribution in [2.75, 3.05) is 26.3 Å². The van der Waals surface area contributed by atoms with Crippen molar-refractivity contribution in [3.8, 4) is 0 Å². The first-order valence-corrected chi connectivity index (χ1v) is 5.90. The fourth-order valence-electron chi connectivity index (χ4n) is 1.74. The third-order valence-corrected chi connectivity index (χ3v) is 3.00. The van der Waals surface area contributed by atoms with Crippen LogP contribution >= 0.6 is 0 Å². The van der Waals surface area contributed by atoms with E-state index in [4.69, 9.17) is 10.2 Å².